The number of rotatable bonds is 5. The normalized spacial score (nSPS) is 19.0. The van der Waals surface area contributed by atoms with E-state index in [9.17, 15) is 13.5 Å². The molecule has 1 atom stereocenters. The Morgan fingerprint density at radius 3 is 2.67 bits per heavy atom. The van der Waals surface area contributed by atoms with E-state index in [0.717, 1.165) is 24.1 Å². The minimum Gasteiger partial charge on any atom is -0.392 e. The van der Waals surface area contributed by atoms with Gasteiger partial charge in [0.1, 0.15) is 5.76 Å². The van der Waals surface area contributed by atoms with Crippen molar-refractivity contribution < 1.29 is 18.0 Å². The van der Waals surface area contributed by atoms with Crippen molar-refractivity contribution in [1.29, 1.82) is 0 Å². The lowest BCUT2D eigenvalue weighted by Crippen LogP contribution is -2.45. The molecule has 27 heavy (non-hydrogen) atoms. The summed E-state index contributed by atoms with van der Waals surface area (Å²) >= 11 is 0. The van der Waals surface area contributed by atoms with Gasteiger partial charge in [-0.05, 0) is 32.8 Å². The Hall–Kier alpha value is -1.81. The predicted molar refractivity (Wildman–Crippen MR) is 101 cm³/mol. The summed E-state index contributed by atoms with van der Waals surface area (Å²) in [5.74, 6) is 0.646. The molecule has 9 heteroatoms. The molecule has 148 valence electrons. The Bertz CT molecular complexity index is 904. The number of aliphatic hydroxyl groups excluding tert-OH is 1. The van der Waals surface area contributed by atoms with Crippen LogP contribution < -0.4 is 0 Å². The molecule has 8 nitrogen and oxygen atoms in total. The number of aromatic nitrogens is 2. The third-order valence-corrected chi connectivity index (χ3v) is 6.94. The molecule has 3 rings (SSSR count). The molecule has 2 aromatic rings. The summed E-state index contributed by atoms with van der Waals surface area (Å²) in [7, 11) is -0.358. The van der Waals surface area contributed by atoms with Crippen molar-refractivity contribution in [3.05, 3.63) is 34.8 Å². The van der Waals surface area contributed by atoms with Crippen molar-refractivity contribution >= 4 is 10.2 Å². The van der Waals surface area contributed by atoms with Gasteiger partial charge in [0.05, 0.1) is 23.6 Å². The van der Waals surface area contributed by atoms with Crippen molar-refractivity contribution in [2.24, 2.45) is 0 Å². The lowest BCUT2D eigenvalue weighted by atomic mass is 9.94. The zero-order chi connectivity index (χ0) is 19.8. The van der Waals surface area contributed by atoms with E-state index >= 15 is 0 Å². The quantitative estimate of drug-likeness (QED) is 0.830. The molecular formula is C18H26N4O4S. The SMILES string of the molecule is Cc1noc(C)c1-c1nc(C2CCCN(S(=O)(=O)N(C)C)C2)ccc1CO. The van der Waals surface area contributed by atoms with Crippen LogP contribution in [-0.4, -0.2) is 59.5 Å². The van der Waals surface area contributed by atoms with Gasteiger partial charge in [0.15, 0.2) is 0 Å². The first-order valence-electron chi connectivity index (χ1n) is 8.97. The van der Waals surface area contributed by atoms with Crippen LogP contribution in [0.2, 0.25) is 0 Å². The molecule has 1 unspecified atom stereocenters. The molecule has 3 heterocycles. The third kappa shape index (κ3) is 3.77. The fraction of sp³-hybridized carbons (Fsp3) is 0.556. The van der Waals surface area contributed by atoms with Crippen molar-refractivity contribution in [2.75, 3.05) is 27.2 Å². The minimum atomic E-state index is -3.45. The molecule has 1 fully saturated rings. The maximum atomic E-state index is 12.5. The first-order chi connectivity index (χ1) is 12.8. The van der Waals surface area contributed by atoms with Crippen LogP contribution in [0.25, 0.3) is 11.3 Å². The van der Waals surface area contributed by atoms with E-state index < -0.39 is 10.2 Å². The average molecular weight is 394 g/mol. The third-order valence-electron chi connectivity index (χ3n) is 5.03. The largest absolute Gasteiger partial charge is 0.392 e. The van der Waals surface area contributed by atoms with Gasteiger partial charge in [0.25, 0.3) is 10.2 Å². The maximum absolute atomic E-state index is 12.5. The Balaban J connectivity index is 1.97. The van der Waals surface area contributed by atoms with Crippen LogP contribution >= 0.6 is 0 Å². The van der Waals surface area contributed by atoms with E-state index in [2.05, 4.69) is 5.16 Å². The molecule has 0 spiro atoms. The molecular weight excluding hydrogens is 368 g/mol. The van der Waals surface area contributed by atoms with Gasteiger partial charge in [-0.1, -0.05) is 11.2 Å². The second kappa shape index (κ2) is 7.67. The smallest absolute Gasteiger partial charge is 0.281 e. The van der Waals surface area contributed by atoms with Gasteiger partial charge in [-0.2, -0.15) is 17.0 Å². The summed E-state index contributed by atoms with van der Waals surface area (Å²) in [6.07, 6.45) is 1.65. The summed E-state index contributed by atoms with van der Waals surface area (Å²) in [6, 6.07) is 3.73. The van der Waals surface area contributed by atoms with Crippen molar-refractivity contribution in [3.63, 3.8) is 0 Å². The highest BCUT2D eigenvalue weighted by Gasteiger charge is 2.32. The van der Waals surface area contributed by atoms with Gasteiger partial charge in [-0.25, -0.2) is 0 Å². The number of nitrogens with zero attached hydrogens (tertiary/aromatic N) is 4. The van der Waals surface area contributed by atoms with Crippen LogP contribution in [0.5, 0.6) is 0 Å². The van der Waals surface area contributed by atoms with Crippen LogP contribution in [0.15, 0.2) is 16.7 Å². The van der Waals surface area contributed by atoms with Crippen molar-refractivity contribution in [1.82, 2.24) is 18.8 Å². The Kier molecular flexibility index (Phi) is 5.66. The first kappa shape index (κ1) is 19.9. The Morgan fingerprint density at radius 1 is 1.33 bits per heavy atom. The van der Waals surface area contributed by atoms with Gasteiger partial charge in [-0.3, -0.25) is 4.98 Å². The van der Waals surface area contributed by atoms with E-state index in [1.54, 1.807) is 14.1 Å². The summed E-state index contributed by atoms with van der Waals surface area (Å²) in [6.45, 7) is 4.43. The molecule has 0 radical (unpaired) electrons. The molecule has 2 aromatic heterocycles. The standard InChI is InChI=1S/C18H26N4O4S/c1-12-17(13(2)26-20-12)18-15(11-23)7-8-16(19-18)14-6-5-9-22(10-14)27(24,25)21(3)4/h7-8,14,23H,5-6,9-11H2,1-4H3. The Morgan fingerprint density at radius 2 is 2.07 bits per heavy atom. The number of piperidine rings is 1. The van der Waals surface area contributed by atoms with Crippen LogP contribution in [0.1, 0.15) is 41.5 Å². The first-order valence-corrected chi connectivity index (χ1v) is 10.4. The lowest BCUT2D eigenvalue weighted by molar-refractivity contribution is 0.281. The predicted octanol–water partition coefficient (Wildman–Crippen LogP) is 1.83. The number of aliphatic hydroxyl groups is 1. The van der Waals surface area contributed by atoms with E-state index in [1.807, 2.05) is 26.0 Å². The topological polar surface area (TPSA) is 99.8 Å². The van der Waals surface area contributed by atoms with E-state index in [0.29, 0.717) is 35.8 Å². The van der Waals surface area contributed by atoms with Crippen LogP contribution in [-0.2, 0) is 16.8 Å². The highest BCUT2D eigenvalue weighted by Crippen LogP contribution is 2.33. The van der Waals surface area contributed by atoms with Crippen molar-refractivity contribution in [2.45, 2.75) is 39.2 Å². The molecule has 1 N–H and O–H groups in total. The van der Waals surface area contributed by atoms with E-state index in [1.165, 1.54) is 8.61 Å². The fourth-order valence-corrected chi connectivity index (χ4v) is 4.71. The molecule has 1 aliphatic rings. The number of hydrogen-bond acceptors (Lipinski definition) is 6. The summed E-state index contributed by atoms with van der Waals surface area (Å²) in [4.78, 5) is 4.80. The second-order valence-corrected chi connectivity index (χ2v) is 9.23. The number of aryl methyl sites for hydroxylation is 2. The molecule has 0 bridgehead atoms. The molecule has 0 amide bonds. The Labute approximate surface area is 160 Å². The van der Waals surface area contributed by atoms with Crippen molar-refractivity contribution in [3.8, 4) is 11.3 Å². The molecule has 0 saturated carbocycles. The maximum Gasteiger partial charge on any atom is 0.281 e. The van der Waals surface area contributed by atoms with Gasteiger partial charge >= 0.3 is 0 Å². The summed E-state index contributed by atoms with van der Waals surface area (Å²) in [5.41, 5.74) is 3.67. The molecule has 0 aromatic carbocycles. The average Bonchev–Trinajstić information content (AvgIpc) is 2.99. The monoisotopic (exact) mass is 394 g/mol. The minimum absolute atomic E-state index is 0.000408. The zero-order valence-electron chi connectivity index (χ0n) is 16.1. The zero-order valence-corrected chi connectivity index (χ0v) is 17.0. The van der Waals surface area contributed by atoms with Crippen LogP contribution in [0, 0.1) is 13.8 Å². The van der Waals surface area contributed by atoms with Gasteiger partial charge in [0, 0.05) is 44.4 Å². The summed E-state index contributed by atoms with van der Waals surface area (Å²) < 4.78 is 33.0. The van der Waals surface area contributed by atoms with Gasteiger partial charge in [-0.15, -0.1) is 0 Å². The highest BCUT2D eigenvalue weighted by molar-refractivity contribution is 7.86. The molecule has 1 aliphatic heterocycles. The van der Waals surface area contributed by atoms with Gasteiger partial charge < -0.3 is 9.63 Å². The van der Waals surface area contributed by atoms with Gasteiger partial charge in [0.2, 0.25) is 0 Å². The number of pyridine rings is 1. The lowest BCUT2D eigenvalue weighted by Gasteiger charge is -2.33. The second-order valence-electron chi connectivity index (χ2n) is 7.09. The summed E-state index contributed by atoms with van der Waals surface area (Å²) in [5, 5.41) is 13.7. The molecule has 1 saturated heterocycles. The number of hydrogen-bond donors (Lipinski definition) is 1. The van der Waals surface area contributed by atoms with E-state index in [4.69, 9.17) is 9.51 Å². The van der Waals surface area contributed by atoms with Crippen LogP contribution in [0.4, 0.5) is 0 Å². The molecule has 0 aliphatic carbocycles. The van der Waals surface area contributed by atoms with Crippen LogP contribution in [0.3, 0.4) is 0 Å². The fourth-order valence-electron chi connectivity index (χ4n) is 3.52. The highest BCUT2D eigenvalue weighted by atomic mass is 32.2. The van der Waals surface area contributed by atoms with E-state index in [-0.39, 0.29) is 12.5 Å².